The molecule has 1 unspecified atom stereocenters. The van der Waals surface area contributed by atoms with Gasteiger partial charge in [-0.05, 0) is 63.0 Å². The number of fused-ring (bicyclic) bond motifs is 1. The van der Waals surface area contributed by atoms with E-state index in [1.54, 1.807) is 18.2 Å². The summed E-state index contributed by atoms with van der Waals surface area (Å²) in [4.78, 5) is 15.1. The molecule has 6 nitrogen and oxygen atoms in total. The van der Waals surface area contributed by atoms with E-state index in [1.165, 1.54) is 6.07 Å². The third-order valence-corrected chi connectivity index (χ3v) is 7.80. The molecule has 7 heteroatoms. The highest BCUT2D eigenvalue weighted by Crippen LogP contribution is 2.35. The van der Waals surface area contributed by atoms with Gasteiger partial charge in [-0.1, -0.05) is 42.5 Å². The number of nitrogens with zero attached hydrogens (tertiary/aromatic N) is 2. The Morgan fingerprint density at radius 3 is 2.43 bits per heavy atom. The molecule has 0 amide bonds. The molecule has 2 aromatic rings. The molecule has 1 fully saturated rings. The summed E-state index contributed by atoms with van der Waals surface area (Å²) in [6, 6.07) is 18.1. The second-order valence-corrected chi connectivity index (χ2v) is 9.76. The first-order valence-electron chi connectivity index (χ1n) is 10.3. The zero-order valence-corrected chi connectivity index (χ0v) is 17.6. The summed E-state index contributed by atoms with van der Waals surface area (Å²) in [5, 5.41) is 9.81. The van der Waals surface area contributed by atoms with Gasteiger partial charge in [-0.15, -0.1) is 0 Å². The van der Waals surface area contributed by atoms with Gasteiger partial charge in [0.2, 0.25) is 10.0 Å². The average molecular weight is 424 g/mol. The van der Waals surface area contributed by atoms with Crippen molar-refractivity contribution >= 4 is 15.8 Å². The first-order valence-corrected chi connectivity index (χ1v) is 11.8. The van der Waals surface area contributed by atoms with E-state index in [0.717, 1.165) is 38.0 Å². The van der Waals surface area contributed by atoms with E-state index in [2.05, 4.69) is 15.7 Å². The van der Waals surface area contributed by atoms with Gasteiger partial charge in [-0.25, -0.2) is 13.1 Å². The highest BCUT2D eigenvalue weighted by molar-refractivity contribution is 7.89. The van der Waals surface area contributed by atoms with Gasteiger partial charge in [0.1, 0.15) is 0 Å². The van der Waals surface area contributed by atoms with Crippen molar-refractivity contribution in [3.05, 3.63) is 65.7 Å². The molecule has 1 N–H and O–H groups in total. The summed E-state index contributed by atoms with van der Waals surface area (Å²) in [5.41, 5.74) is 0.921. The van der Waals surface area contributed by atoms with Crippen LogP contribution in [-0.4, -0.2) is 44.8 Å². The van der Waals surface area contributed by atoms with Crippen LogP contribution in [0, 0.1) is 11.3 Å². The zero-order valence-electron chi connectivity index (χ0n) is 16.8. The van der Waals surface area contributed by atoms with Crippen molar-refractivity contribution in [1.82, 2.24) is 9.62 Å². The van der Waals surface area contributed by atoms with Crippen LogP contribution in [-0.2, 0) is 15.4 Å². The molecule has 4 rings (SSSR count). The monoisotopic (exact) mass is 423 g/mol. The molecule has 1 atom stereocenters. The largest absolute Gasteiger partial charge is 0.303 e. The van der Waals surface area contributed by atoms with Gasteiger partial charge in [0.15, 0.2) is 5.78 Å². The number of nitriles is 1. The van der Waals surface area contributed by atoms with Gasteiger partial charge in [0, 0.05) is 5.56 Å². The van der Waals surface area contributed by atoms with Crippen molar-refractivity contribution in [3.8, 4) is 6.07 Å². The summed E-state index contributed by atoms with van der Waals surface area (Å²) in [7, 11) is -3.65. The fourth-order valence-electron chi connectivity index (χ4n) is 4.49. The minimum atomic E-state index is -3.65. The number of rotatable bonds is 5. The minimum absolute atomic E-state index is 0.0658. The third-order valence-electron chi connectivity index (χ3n) is 6.27. The summed E-state index contributed by atoms with van der Waals surface area (Å²) in [6.45, 7) is 2.41. The zero-order chi connectivity index (χ0) is 21.2. The molecule has 0 aromatic heterocycles. The maximum Gasteiger partial charge on any atom is 0.241 e. The molecular weight excluding hydrogens is 398 g/mol. The van der Waals surface area contributed by atoms with Crippen LogP contribution in [0.2, 0.25) is 0 Å². The second kappa shape index (κ2) is 8.31. The summed E-state index contributed by atoms with van der Waals surface area (Å²) in [6.07, 6.45) is 2.72. The Morgan fingerprint density at radius 1 is 1.07 bits per heavy atom. The van der Waals surface area contributed by atoms with Crippen LogP contribution >= 0.6 is 0 Å². The summed E-state index contributed by atoms with van der Waals surface area (Å²) < 4.78 is 27.4. The summed E-state index contributed by atoms with van der Waals surface area (Å²) in [5.74, 6) is -0.161. The number of carbonyl (C=O) groups excluding carboxylic acids is 1. The van der Waals surface area contributed by atoms with Crippen LogP contribution in [0.3, 0.4) is 0 Å². The maximum atomic E-state index is 12.7. The predicted octanol–water partition coefficient (Wildman–Crippen LogP) is 2.87. The maximum absolute atomic E-state index is 12.7. The van der Waals surface area contributed by atoms with Crippen LogP contribution < -0.4 is 4.72 Å². The Morgan fingerprint density at radius 2 is 1.73 bits per heavy atom. The SMILES string of the molecule is N#CC1(c2ccccc2)CCN(CCCC2NS(=O)(=O)c3ccccc3C2=O)CC1. The van der Waals surface area contributed by atoms with E-state index >= 15 is 0 Å². The minimum Gasteiger partial charge on any atom is -0.303 e. The number of nitrogens with one attached hydrogen (secondary N) is 1. The Bertz CT molecular complexity index is 1070. The summed E-state index contributed by atoms with van der Waals surface area (Å²) >= 11 is 0. The lowest BCUT2D eigenvalue weighted by Crippen LogP contribution is -2.46. The normalized spacial score (nSPS) is 22.8. The van der Waals surface area contributed by atoms with Gasteiger partial charge >= 0.3 is 0 Å². The molecule has 156 valence electrons. The number of benzene rings is 2. The first-order chi connectivity index (χ1) is 14.5. The highest BCUT2D eigenvalue weighted by atomic mass is 32.2. The third kappa shape index (κ3) is 3.91. The van der Waals surface area contributed by atoms with E-state index in [1.807, 2.05) is 30.3 Å². The number of ketones is 1. The Kier molecular flexibility index (Phi) is 5.74. The van der Waals surface area contributed by atoms with Gasteiger partial charge in [-0.2, -0.15) is 5.26 Å². The molecular formula is C23H25N3O3S. The number of hydrogen-bond acceptors (Lipinski definition) is 5. The van der Waals surface area contributed by atoms with Crippen LogP contribution in [0.1, 0.15) is 41.6 Å². The molecule has 0 bridgehead atoms. The van der Waals surface area contributed by atoms with E-state index in [0.29, 0.717) is 12.8 Å². The van der Waals surface area contributed by atoms with Gasteiger partial charge in [-0.3, -0.25) is 4.79 Å². The number of Topliss-reactive ketones (excluding diaryl/α,β-unsaturated/α-hetero) is 1. The first kappa shape index (κ1) is 20.7. The van der Waals surface area contributed by atoms with Gasteiger partial charge in [0.25, 0.3) is 0 Å². The fraction of sp³-hybridized carbons (Fsp3) is 0.391. The van der Waals surface area contributed by atoms with Crippen molar-refractivity contribution in [2.45, 2.75) is 42.0 Å². The van der Waals surface area contributed by atoms with Crippen molar-refractivity contribution in [1.29, 1.82) is 5.26 Å². The van der Waals surface area contributed by atoms with Crippen molar-refractivity contribution in [3.63, 3.8) is 0 Å². The molecule has 0 radical (unpaired) electrons. The Labute approximate surface area is 177 Å². The molecule has 2 aromatic carbocycles. The van der Waals surface area contributed by atoms with Crippen molar-refractivity contribution in [2.24, 2.45) is 0 Å². The van der Waals surface area contributed by atoms with Gasteiger partial charge < -0.3 is 4.90 Å². The van der Waals surface area contributed by atoms with Crippen LogP contribution in [0.5, 0.6) is 0 Å². The van der Waals surface area contributed by atoms with Gasteiger partial charge in [0.05, 0.1) is 22.4 Å². The predicted molar refractivity (Wildman–Crippen MR) is 114 cm³/mol. The quantitative estimate of drug-likeness (QED) is 0.799. The Hall–Kier alpha value is -2.53. The van der Waals surface area contributed by atoms with Crippen LogP contribution in [0.4, 0.5) is 0 Å². The number of hydrogen-bond donors (Lipinski definition) is 1. The molecule has 0 saturated carbocycles. The lowest BCUT2D eigenvalue weighted by atomic mass is 9.74. The number of piperidine rings is 1. The van der Waals surface area contributed by atoms with E-state index in [-0.39, 0.29) is 16.2 Å². The molecule has 2 aliphatic rings. The lowest BCUT2D eigenvalue weighted by Gasteiger charge is -2.37. The topological polar surface area (TPSA) is 90.3 Å². The molecule has 2 heterocycles. The lowest BCUT2D eigenvalue weighted by molar-refractivity contribution is 0.0936. The highest BCUT2D eigenvalue weighted by Gasteiger charge is 2.37. The second-order valence-electron chi connectivity index (χ2n) is 8.08. The van der Waals surface area contributed by atoms with Crippen molar-refractivity contribution < 1.29 is 13.2 Å². The number of sulfonamides is 1. The Balaban J connectivity index is 1.33. The van der Waals surface area contributed by atoms with E-state index in [9.17, 15) is 18.5 Å². The van der Waals surface area contributed by atoms with E-state index in [4.69, 9.17) is 0 Å². The smallest absolute Gasteiger partial charge is 0.241 e. The number of likely N-dealkylation sites (tertiary alicyclic amines) is 1. The fourth-order valence-corrected chi connectivity index (χ4v) is 5.93. The molecule has 0 aliphatic carbocycles. The van der Waals surface area contributed by atoms with E-state index < -0.39 is 21.5 Å². The average Bonchev–Trinajstić information content (AvgIpc) is 2.78. The standard InChI is InChI=1S/C23H25N3O3S/c24-17-23(18-7-2-1-3-8-18)12-15-26(16-13-23)14-6-10-20-22(27)19-9-4-5-11-21(19)30(28,29)25-20/h1-5,7-9,11,20,25H,6,10,12-16H2. The molecule has 1 saturated heterocycles. The molecule has 30 heavy (non-hydrogen) atoms. The van der Waals surface area contributed by atoms with Crippen LogP contribution in [0.25, 0.3) is 0 Å². The molecule has 2 aliphatic heterocycles. The molecule has 0 spiro atoms. The number of carbonyl (C=O) groups is 1. The van der Waals surface area contributed by atoms with Crippen LogP contribution in [0.15, 0.2) is 59.5 Å². The van der Waals surface area contributed by atoms with Crippen molar-refractivity contribution in [2.75, 3.05) is 19.6 Å².